The van der Waals surface area contributed by atoms with Gasteiger partial charge in [-0.1, -0.05) is 11.8 Å². The van der Waals surface area contributed by atoms with Gasteiger partial charge in [0.1, 0.15) is 5.82 Å². The van der Waals surface area contributed by atoms with Crippen molar-refractivity contribution >= 4 is 28.6 Å². The molecule has 1 amide bonds. The summed E-state index contributed by atoms with van der Waals surface area (Å²) < 4.78 is 15.0. The molecule has 1 aromatic carbocycles. The summed E-state index contributed by atoms with van der Waals surface area (Å²) in [5.74, 6) is -0.109. The van der Waals surface area contributed by atoms with Crippen LogP contribution in [0, 0.1) is 12.7 Å². The summed E-state index contributed by atoms with van der Waals surface area (Å²) in [5.41, 5.74) is 2.92. The molecule has 24 heavy (non-hydrogen) atoms. The maximum absolute atomic E-state index is 13.4. The lowest BCUT2D eigenvalue weighted by molar-refractivity contribution is -0.118. The normalized spacial score (nSPS) is 11.1. The molecular weight excluding hydrogens is 331 g/mol. The molecule has 0 radical (unpaired) electrons. The van der Waals surface area contributed by atoms with E-state index in [1.807, 2.05) is 6.92 Å². The van der Waals surface area contributed by atoms with Gasteiger partial charge < -0.3 is 10.3 Å². The number of fused-ring (bicyclic) bond motifs is 1. The zero-order valence-electron chi connectivity index (χ0n) is 13.3. The number of hydrogen-bond acceptors (Lipinski definition) is 5. The molecule has 7 nitrogen and oxygen atoms in total. The van der Waals surface area contributed by atoms with Crippen LogP contribution >= 0.6 is 11.8 Å². The van der Waals surface area contributed by atoms with Crippen molar-refractivity contribution in [1.29, 1.82) is 0 Å². The van der Waals surface area contributed by atoms with Gasteiger partial charge in [0.05, 0.1) is 5.75 Å². The largest absolute Gasteiger partial charge is 0.358 e. The van der Waals surface area contributed by atoms with Crippen molar-refractivity contribution in [3.05, 3.63) is 35.3 Å². The standard InChI is InChI=1S/C15H17FN6OS/c1-9-11(12-7-10(16)3-4-13(12)18-9)5-6-17-14(23)8-24-15-19-20-21-22(15)2/h3-4,7,18H,5-6,8H2,1-2H3,(H,17,23). The molecule has 9 heteroatoms. The molecule has 126 valence electrons. The summed E-state index contributed by atoms with van der Waals surface area (Å²) in [6.45, 7) is 2.44. The predicted octanol–water partition coefficient (Wildman–Crippen LogP) is 1.59. The number of nitrogens with one attached hydrogen (secondary N) is 2. The van der Waals surface area contributed by atoms with E-state index in [2.05, 4.69) is 25.8 Å². The van der Waals surface area contributed by atoms with Crippen LogP contribution in [0.2, 0.25) is 0 Å². The third-order valence-electron chi connectivity index (χ3n) is 3.69. The number of aromatic nitrogens is 5. The van der Waals surface area contributed by atoms with Crippen LogP contribution in [0.5, 0.6) is 0 Å². The van der Waals surface area contributed by atoms with Crippen LogP contribution in [-0.4, -0.2) is 43.4 Å². The Morgan fingerprint density at radius 3 is 3.04 bits per heavy atom. The second-order valence-corrected chi connectivity index (χ2v) is 6.33. The number of benzene rings is 1. The fraction of sp³-hybridized carbons (Fsp3) is 0.333. The van der Waals surface area contributed by atoms with Crippen molar-refractivity contribution in [2.75, 3.05) is 12.3 Å². The minimum atomic E-state index is -0.263. The fourth-order valence-electron chi connectivity index (χ4n) is 2.53. The molecule has 2 heterocycles. The van der Waals surface area contributed by atoms with Crippen molar-refractivity contribution in [2.24, 2.45) is 7.05 Å². The summed E-state index contributed by atoms with van der Waals surface area (Å²) in [4.78, 5) is 15.1. The number of thioether (sulfide) groups is 1. The summed E-state index contributed by atoms with van der Waals surface area (Å²) in [6.07, 6.45) is 0.636. The predicted molar refractivity (Wildman–Crippen MR) is 89.2 cm³/mol. The van der Waals surface area contributed by atoms with E-state index in [-0.39, 0.29) is 17.5 Å². The Bertz CT molecular complexity index is 874. The molecule has 3 aromatic rings. The molecule has 2 aromatic heterocycles. The van der Waals surface area contributed by atoms with Gasteiger partial charge in [-0.2, -0.15) is 0 Å². The lowest BCUT2D eigenvalue weighted by Crippen LogP contribution is -2.27. The van der Waals surface area contributed by atoms with Crippen molar-refractivity contribution < 1.29 is 9.18 Å². The third-order valence-corrected chi connectivity index (χ3v) is 4.70. The van der Waals surface area contributed by atoms with Crippen molar-refractivity contribution in [3.8, 4) is 0 Å². The Morgan fingerprint density at radius 2 is 2.29 bits per heavy atom. The molecular formula is C15H17FN6OS. The molecule has 0 unspecified atom stereocenters. The molecule has 0 aliphatic rings. The molecule has 0 bridgehead atoms. The minimum absolute atomic E-state index is 0.0910. The number of aromatic amines is 1. The number of halogens is 1. The Morgan fingerprint density at radius 1 is 1.46 bits per heavy atom. The SMILES string of the molecule is Cc1[nH]c2ccc(F)cc2c1CCNC(=O)CSc1nnnn1C. The van der Waals surface area contributed by atoms with Crippen LogP contribution in [0.3, 0.4) is 0 Å². The van der Waals surface area contributed by atoms with E-state index in [1.165, 1.54) is 28.6 Å². The maximum Gasteiger partial charge on any atom is 0.230 e. The number of hydrogen-bond donors (Lipinski definition) is 2. The number of H-pyrrole nitrogens is 1. The Hall–Kier alpha value is -2.42. The highest BCUT2D eigenvalue weighted by atomic mass is 32.2. The lowest BCUT2D eigenvalue weighted by atomic mass is 10.1. The van der Waals surface area contributed by atoms with E-state index < -0.39 is 0 Å². The first-order valence-corrected chi connectivity index (χ1v) is 8.41. The molecule has 3 rings (SSSR count). The van der Waals surface area contributed by atoms with E-state index in [0.29, 0.717) is 18.1 Å². The highest BCUT2D eigenvalue weighted by Gasteiger charge is 2.11. The molecule has 0 fully saturated rings. The molecule has 0 spiro atoms. The highest BCUT2D eigenvalue weighted by molar-refractivity contribution is 7.99. The van der Waals surface area contributed by atoms with E-state index in [1.54, 1.807) is 13.1 Å². The quantitative estimate of drug-likeness (QED) is 0.661. The average Bonchev–Trinajstić information content (AvgIpc) is 3.09. The van der Waals surface area contributed by atoms with Gasteiger partial charge in [0, 0.05) is 30.2 Å². The number of tetrazole rings is 1. The first-order chi connectivity index (χ1) is 11.5. The Labute approximate surface area is 142 Å². The monoisotopic (exact) mass is 348 g/mol. The third kappa shape index (κ3) is 3.56. The van der Waals surface area contributed by atoms with Gasteiger partial charge in [-0.15, -0.1) is 5.10 Å². The van der Waals surface area contributed by atoms with Gasteiger partial charge in [0.25, 0.3) is 0 Å². The maximum atomic E-state index is 13.4. The van der Waals surface area contributed by atoms with Gasteiger partial charge in [-0.3, -0.25) is 4.79 Å². The van der Waals surface area contributed by atoms with Crippen LogP contribution in [0.4, 0.5) is 4.39 Å². The van der Waals surface area contributed by atoms with E-state index in [4.69, 9.17) is 0 Å². The number of carbonyl (C=O) groups is 1. The van der Waals surface area contributed by atoms with Crippen LogP contribution < -0.4 is 5.32 Å². The van der Waals surface area contributed by atoms with Gasteiger partial charge in [0.15, 0.2) is 0 Å². The Kier molecular flexibility index (Phi) is 4.79. The summed E-state index contributed by atoms with van der Waals surface area (Å²) in [7, 11) is 1.72. The van der Waals surface area contributed by atoms with Crippen LogP contribution in [-0.2, 0) is 18.3 Å². The fourth-order valence-corrected chi connectivity index (χ4v) is 3.21. The zero-order valence-corrected chi connectivity index (χ0v) is 14.2. The average molecular weight is 348 g/mol. The van der Waals surface area contributed by atoms with Crippen molar-refractivity contribution in [3.63, 3.8) is 0 Å². The Balaban J connectivity index is 1.55. The van der Waals surface area contributed by atoms with Crippen molar-refractivity contribution in [2.45, 2.75) is 18.5 Å². The minimum Gasteiger partial charge on any atom is -0.358 e. The number of aryl methyl sites for hydroxylation is 2. The van der Waals surface area contributed by atoms with Crippen molar-refractivity contribution in [1.82, 2.24) is 30.5 Å². The first kappa shape index (κ1) is 16.4. The molecule has 0 saturated carbocycles. The second-order valence-electron chi connectivity index (χ2n) is 5.39. The smallest absolute Gasteiger partial charge is 0.230 e. The van der Waals surface area contributed by atoms with Gasteiger partial charge in [-0.05, 0) is 47.5 Å². The van der Waals surface area contributed by atoms with Gasteiger partial charge in [-0.25, -0.2) is 9.07 Å². The van der Waals surface area contributed by atoms with Gasteiger partial charge in [0.2, 0.25) is 11.1 Å². The molecule has 0 saturated heterocycles. The first-order valence-electron chi connectivity index (χ1n) is 7.43. The van der Waals surface area contributed by atoms with Crippen LogP contribution in [0.15, 0.2) is 23.4 Å². The molecule has 0 atom stereocenters. The summed E-state index contributed by atoms with van der Waals surface area (Å²) in [5, 5.41) is 15.3. The molecule has 0 aliphatic heterocycles. The van der Waals surface area contributed by atoms with E-state index in [9.17, 15) is 9.18 Å². The summed E-state index contributed by atoms with van der Waals surface area (Å²) in [6, 6.07) is 4.68. The number of rotatable bonds is 6. The van der Waals surface area contributed by atoms with Crippen LogP contribution in [0.1, 0.15) is 11.3 Å². The van der Waals surface area contributed by atoms with Gasteiger partial charge >= 0.3 is 0 Å². The number of amides is 1. The zero-order chi connectivity index (χ0) is 17.1. The molecule has 0 aliphatic carbocycles. The van der Waals surface area contributed by atoms with Crippen LogP contribution in [0.25, 0.3) is 10.9 Å². The highest BCUT2D eigenvalue weighted by Crippen LogP contribution is 2.23. The summed E-state index contributed by atoms with van der Waals surface area (Å²) >= 11 is 1.28. The van der Waals surface area contributed by atoms with E-state index >= 15 is 0 Å². The second kappa shape index (κ2) is 7.00. The topological polar surface area (TPSA) is 88.5 Å². The number of carbonyl (C=O) groups excluding carboxylic acids is 1. The van der Waals surface area contributed by atoms with E-state index in [0.717, 1.165) is 22.2 Å². The molecule has 2 N–H and O–H groups in total. The lowest BCUT2D eigenvalue weighted by Gasteiger charge is -2.05. The number of nitrogens with zero attached hydrogens (tertiary/aromatic N) is 4.